The second kappa shape index (κ2) is 12.2. The summed E-state index contributed by atoms with van der Waals surface area (Å²) in [5, 5.41) is 13.0. The molecule has 4 amide bonds. The van der Waals surface area contributed by atoms with E-state index in [1.165, 1.54) is 13.8 Å². The molecule has 43 heavy (non-hydrogen) atoms. The van der Waals surface area contributed by atoms with Crippen molar-refractivity contribution in [2.45, 2.75) is 77.2 Å². The van der Waals surface area contributed by atoms with Gasteiger partial charge in [-0.1, -0.05) is 36.4 Å². The average molecular weight is 589 g/mol. The maximum Gasteiger partial charge on any atom is 0.408 e. The number of aromatic nitrogens is 2. The highest BCUT2D eigenvalue weighted by molar-refractivity contribution is 5.96. The van der Waals surface area contributed by atoms with Gasteiger partial charge in [0, 0.05) is 47.0 Å². The summed E-state index contributed by atoms with van der Waals surface area (Å²) in [6.45, 7) is 9.86. The Hall–Kier alpha value is -4.80. The first-order valence-corrected chi connectivity index (χ1v) is 14.2. The van der Waals surface area contributed by atoms with Gasteiger partial charge < -0.3 is 36.0 Å². The minimum Gasteiger partial charge on any atom is -0.444 e. The van der Waals surface area contributed by atoms with E-state index in [-0.39, 0.29) is 6.42 Å². The molecule has 11 nitrogen and oxygen atoms in total. The predicted octanol–water partition coefficient (Wildman–Crippen LogP) is 3.80. The number of rotatable bonds is 11. The highest BCUT2D eigenvalue weighted by atomic mass is 16.6. The Morgan fingerprint density at radius 1 is 0.814 bits per heavy atom. The summed E-state index contributed by atoms with van der Waals surface area (Å²) in [5.41, 5.74) is -0.135. The fraction of sp³-hybridized carbons (Fsp3) is 0.375. The van der Waals surface area contributed by atoms with Crippen LogP contribution in [-0.2, 0) is 32.0 Å². The van der Waals surface area contributed by atoms with E-state index in [4.69, 9.17) is 4.74 Å². The van der Waals surface area contributed by atoms with Crippen LogP contribution in [0.3, 0.4) is 0 Å². The van der Waals surface area contributed by atoms with Gasteiger partial charge in [0.25, 0.3) is 0 Å². The number of hydrogen-bond donors (Lipinski definition) is 6. The Morgan fingerprint density at radius 3 is 1.95 bits per heavy atom. The normalized spacial score (nSPS) is 14.0. The van der Waals surface area contributed by atoms with Crippen molar-refractivity contribution in [3.05, 3.63) is 72.1 Å². The van der Waals surface area contributed by atoms with Gasteiger partial charge >= 0.3 is 6.09 Å². The lowest BCUT2D eigenvalue weighted by Gasteiger charge is -2.35. The number of carbonyl (C=O) groups is 4. The average Bonchev–Trinajstić information content (AvgIpc) is 3.51. The number of para-hydroxylation sites is 2. The maximum absolute atomic E-state index is 14.1. The van der Waals surface area contributed by atoms with Gasteiger partial charge in [-0.3, -0.25) is 14.4 Å². The Morgan fingerprint density at radius 2 is 1.37 bits per heavy atom. The van der Waals surface area contributed by atoms with E-state index in [2.05, 4.69) is 31.2 Å². The summed E-state index contributed by atoms with van der Waals surface area (Å²) < 4.78 is 5.34. The number of fused-ring (bicyclic) bond motifs is 2. The Labute approximate surface area is 250 Å². The summed E-state index contributed by atoms with van der Waals surface area (Å²) >= 11 is 0. The molecule has 2 aromatic heterocycles. The van der Waals surface area contributed by atoms with Crippen LogP contribution in [0.4, 0.5) is 4.79 Å². The van der Waals surface area contributed by atoms with Crippen LogP contribution < -0.4 is 21.3 Å². The summed E-state index contributed by atoms with van der Waals surface area (Å²) in [6, 6.07) is 15.4. The number of benzene rings is 2. The first-order chi connectivity index (χ1) is 20.2. The van der Waals surface area contributed by atoms with Crippen molar-refractivity contribution >= 4 is 46.1 Å². The molecule has 0 saturated carbocycles. The fourth-order valence-electron chi connectivity index (χ4n) is 4.93. The lowest BCUT2D eigenvalue weighted by Crippen LogP contribution is -2.66. The molecule has 0 spiro atoms. The van der Waals surface area contributed by atoms with Gasteiger partial charge in [0.2, 0.25) is 18.2 Å². The third kappa shape index (κ3) is 7.54. The van der Waals surface area contributed by atoms with Gasteiger partial charge in [-0.2, -0.15) is 0 Å². The van der Waals surface area contributed by atoms with E-state index >= 15 is 0 Å². The maximum atomic E-state index is 14.1. The number of aromatic amines is 2. The minimum atomic E-state index is -1.49. The zero-order valence-electron chi connectivity index (χ0n) is 25.4. The number of nitrogens with one attached hydrogen (secondary N) is 6. The Bertz CT molecular complexity index is 1630. The first-order valence-electron chi connectivity index (χ1n) is 14.2. The van der Waals surface area contributed by atoms with Crippen molar-refractivity contribution in [2.75, 3.05) is 0 Å². The zero-order chi connectivity index (χ0) is 31.4. The molecule has 2 atom stereocenters. The van der Waals surface area contributed by atoms with E-state index in [1.54, 1.807) is 33.9 Å². The van der Waals surface area contributed by atoms with Crippen LogP contribution in [0.1, 0.15) is 52.7 Å². The van der Waals surface area contributed by atoms with Crippen LogP contribution in [0.25, 0.3) is 21.8 Å². The molecule has 0 aliphatic carbocycles. The zero-order valence-corrected chi connectivity index (χ0v) is 25.4. The second-order valence-electron chi connectivity index (χ2n) is 12.4. The molecule has 2 heterocycles. The summed E-state index contributed by atoms with van der Waals surface area (Å²) in [5.74, 6) is -1.11. The number of alkyl carbamates (subject to hydrolysis) is 1. The predicted molar refractivity (Wildman–Crippen MR) is 165 cm³/mol. The molecule has 11 heteroatoms. The van der Waals surface area contributed by atoms with Crippen molar-refractivity contribution in [1.29, 1.82) is 0 Å². The van der Waals surface area contributed by atoms with E-state index in [0.717, 1.165) is 32.9 Å². The molecular formula is C32H40N6O5. The van der Waals surface area contributed by atoms with Crippen molar-refractivity contribution in [3.63, 3.8) is 0 Å². The number of carbonyl (C=O) groups excluding carboxylic acids is 4. The van der Waals surface area contributed by atoms with Gasteiger partial charge in [0.05, 0.1) is 0 Å². The van der Waals surface area contributed by atoms with Crippen LogP contribution >= 0.6 is 0 Å². The monoisotopic (exact) mass is 588 g/mol. The number of amides is 4. The minimum absolute atomic E-state index is 0.123. The molecule has 6 N–H and O–H groups in total. The summed E-state index contributed by atoms with van der Waals surface area (Å²) in [7, 11) is 0. The topological polar surface area (TPSA) is 157 Å². The van der Waals surface area contributed by atoms with Gasteiger partial charge in [-0.25, -0.2) is 4.79 Å². The lowest BCUT2D eigenvalue weighted by atomic mass is 9.89. The number of ether oxygens (including phenoxy) is 1. The molecule has 0 unspecified atom stereocenters. The van der Waals surface area contributed by atoms with E-state index in [0.29, 0.717) is 12.8 Å². The number of H-pyrrole nitrogens is 2. The largest absolute Gasteiger partial charge is 0.444 e. The van der Waals surface area contributed by atoms with E-state index in [9.17, 15) is 19.2 Å². The molecule has 2 aromatic carbocycles. The molecule has 228 valence electrons. The van der Waals surface area contributed by atoms with Crippen molar-refractivity contribution in [1.82, 2.24) is 31.2 Å². The standard InChI is InChI=1S/C32H40N6O5/c1-30(2,3)43-29(42)38-31(4,5)27(40)37-32(6,16-21-18-34-25-14-10-8-12-23(21)25)28(41)36-26(35-19-39)15-20-17-33-24-13-9-7-11-22(20)24/h7-14,17-19,26,33-34H,15-16H2,1-6H3,(H,35,39)(H,36,41)(H,37,40)(H,38,42)/t26-,32-/m1/s1. The van der Waals surface area contributed by atoms with E-state index in [1.807, 2.05) is 54.7 Å². The molecule has 0 aliphatic heterocycles. The Kier molecular flexibility index (Phi) is 8.84. The van der Waals surface area contributed by atoms with Gasteiger partial charge in [-0.05, 0) is 64.8 Å². The molecule has 0 fully saturated rings. The molecule has 0 aliphatic rings. The van der Waals surface area contributed by atoms with Crippen LogP contribution in [0, 0.1) is 0 Å². The summed E-state index contributed by atoms with van der Waals surface area (Å²) in [4.78, 5) is 58.2. The molecular weight excluding hydrogens is 548 g/mol. The van der Waals surface area contributed by atoms with E-state index < -0.39 is 40.8 Å². The SMILES string of the molecule is CC(C)(C)OC(=O)NC(C)(C)C(=O)N[C@](C)(Cc1c[nH]c2ccccc12)C(=O)N[C@H](Cc1c[nH]c2ccccc12)NC=O. The van der Waals surface area contributed by atoms with Gasteiger partial charge in [0.15, 0.2) is 0 Å². The fourth-order valence-corrected chi connectivity index (χ4v) is 4.93. The van der Waals surface area contributed by atoms with Crippen LogP contribution in [0.5, 0.6) is 0 Å². The molecule has 0 radical (unpaired) electrons. The number of hydrogen-bond acceptors (Lipinski definition) is 5. The quantitative estimate of drug-likeness (QED) is 0.116. The highest BCUT2D eigenvalue weighted by Gasteiger charge is 2.41. The van der Waals surface area contributed by atoms with Gasteiger partial charge in [-0.15, -0.1) is 0 Å². The smallest absolute Gasteiger partial charge is 0.408 e. The molecule has 0 saturated heterocycles. The van der Waals surface area contributed by atoms with Crippen LogP contribution in [-0.4, -0.2) is 57.1 Å². The Balaban J connectivity index is 1.61. The highest BCUT2D eigenvalue weighted by Crippen LogP contribution is 2.24. The lowest BCUT2D eigenvalue weighted by molar-refractivity contribution is -0.136. The van der Waals surface area contributed by atoms with Crippen LogP contribution in [0.2, 0.25) is 0 Å². The third-order valence-corrected chi connectivity index (χ3v) is 7.16. The van der Waals surface area contributed by atoms with Crippen molar-refractivity contribution in [2.24, 2.45) is 0 Å². The first kappa shape index (κ1) is 31.1. The summed E-state index contributed by atoms with van der Waals surface area (Å²) in [6.07, 6.45) is 3.08. The third-order valence-electron chi connectivity index (χ3n) is 7.16. The molecule has 4 rings (SSSR count). The van der Waals surface area contributed by atoms with Gasteiger partial charge in [0.1, 0.15) is 22.8 Å². The van der Waals surface area contributed by atoms with Crippen LogP contribution in [0.15, 0.2) is 60.9 Å². The second-order valence-corrected chi connectivity index (χ2v) is 12.4. The molecule has 4 aromatic rings. The van der Waals surface area contributed by atoms with Crippen molar-refractivity contribution in [3.8, 4) is 0 Å². The molecule has 0 bridgehead atoms. The van der Waals surface area contributed by atoms with Crippen molar-refractivity contribution < 1.29 is 23.9 Å².